The number of Topliss-reactive ketones (excluding diaryl/α,β-unsaturated/α-hetero) is 1. The number of carbonyl (C=O) groups is 1. The SMILES string of the molecule is CC1(C)[C@@H]2CC[C@@]1(CS(=O)(=O)O)C(=O)C2.NS(=O)(=O)c1cc2c(cc1Cl)NC(CSCc1ccccc1)=NS2(=O)=O. The molecule has 0 aromatic heterocycles. The van der Waals surface area contributed by atoms with Crippen LogP contribution in [0.15, 0.2) is 56.7 Å². The Kier molecular flexibility index (Phi) is 8.75. The Balaban J connectivity index is 0.000000218. The summed E-state index contributed by atoms with van der Waals surface area (Å²) in [5.41, 5.74) is 0.163. The lowest BCUT2D eigenvalue weighted by Crippen LogP contribution is -2.42. The monoisotopic (exact) mass is 663 g/mol. The summed E-state index contributed by atoms with van der Waals surface area (Å²) >= 11 is 7.43. The van der Waals surface area contributed by atoms with Crippen LogP contribution in [0.5, 0.6) is 0 Å². The number of carbonyl (C=O) groups excluding carboxylic acids is 1. The highest BCUT2D eigenvalue weighted by molar-refractivity contribution is 7.99. The molecule has 2 bridgehead atoms. The number of thioether (sulfide) groups is 1. The van der Waals surface area contributed by atoms with Crippen molar-refractivity contribution in [2.75, 3.05) is 16.8 Å². The zero-order valence-electron chi connectivity index (χ0n) is 22.2. The standard InChI is InChI=1S/C15H14ClN3O4S3.C10H16O4S/c16-11-6-12-14(7-13(11)25(17,20)21)26(22,23)19-15(18-12)9-24-8-10-4-2-1-3-5-10;1-9(2)7-3-4-10(9,8(11)5-7)6-15(12,13)14/h1-7H,8-9H2,(H,18,19)(H2,17,20,21);7H,3-6H2,1-2H3,(H,12,13,14)/t;7-,10-/m.1/s1. The topological polar surface area (TPSA) is 190 Å². The van der Waals surface area contributed by atoms with Crippen molar-refractivity contribution < 1.29 is 34.6 Å². The fourth-order valence-corrected chi connectivity index (χ4v) is 10.3. The van der Waals surface area contributed by atoms with Crippen LogP contribution in [-0.4, -0.2) is 52.9 Å². The Labute approximate surface area is 249 Å². The Morgan fingerprint density at radius 1 is 1.15 bits per heavy atom. The van der Waals surface area contributed by atoms with Gasteiger partial charge in [-0.05, 0) is 41.9 Å². The first-order valence-electron chi connectivity index (χ1n) is 12.4. The van der Waals surface area contributed by atoms with Crippen molar-refractivity contribution in [2.45, 2.75) is 48.7 Å². The Morgan fingerprint density at radius 2 is 1.80 bits per heavy atom. The second-order valence-corrected chi connectivity index (χ2v) is 16.8. The molecule has 2 aromatic rings. The van der Waals surface area contributed by atoms with Crippen LogP contribution in [0.1, 0.15) is 38.7 Å². The number of halogens is 1. The number of rotatable bonds is 7. The van der Waals surface area contributed by atoms with Gasteiger partial charge in [0.2, 0.25) is 10.0 Å². The van der Waals surface area contributed by atoms with Gasteiger partial charge in [0.1, 0.15) is 21.4 Å². The van der Waals surface area contributed by atoms with Gasteiger partial charge in [-0.25, -0.2) is 13.6 Å². The van der Waals surface area contributed by atoms with Crippen molar-refractivity contribution in [2.24, 2.45) is 26.3 Å². The molecule has 224 valence electrons. The molecule has 1 heterocycles. The van der Waals surface area contributed by atoms with Gasteiger partial charge >= 0.3 is 0 Å². The largest absolute Gasteiger partial charge is 0.341 e. The van der Waals surface area contributed by atoms with Gasteiger partial charge < -0.3 is 5.32 Å². The van der Waals surface area contributed by atoms with Gasteiger partial charge in [0.05, 0.1) is 27.6 Å². The minimum atomic E-state index is -4.15. The number of nitrogens with two attached hydrogens (primary N) is 1. The zero-order valence-corrected chi connectivity index (χ0v) is 26.2. The highest BCUT2D eigenvalue weighted by Crippen LogP contribution is 2.64. The van der Waals surface area contributed by atoms with Crippen LogP contribution in [0.3, 0.4) is 0 Å². The van der Waals surface area contributed by atoms with Crippen molar-refractivity contribution in [1.82, 2.24) is 0 Å². The minimum absolute atomic E-state index is 0.0152. The molecule has 41 heavy (non-hydrogen) atoms. The highest BCUT2D eigenvalue weighted by Gasteiger charge is 2.65. The molecule has 0 saturated heterocycles. The van der Waals surface area contributed by atoms with Gasteiger partial charge in [0, 0.05) is 12.2 Å². The smallest absolute Gasteiger partial charge is 0.286 e. The molecular formula is C25H30ClN3O8S4. The number of hydrogen-bond acceptors (Lipinski definition) is 9. The van der Waals surface area contributed by atoms with E-state index in [2.05, 4.69) is 9.71 Å². The lowest BCUT2D eigenvalue weighted by Gasteiger charge is -2.35. The predicted octanol–water partition coefficient (Wildman–Crippen LogP) is 3.70. The minimum Gasteiger partial charge on any atom is -0.341 e. The normalized spacial score (nSPS) is 24.1. The Bertz CT molecular complexity index is 1730. The van der Waals surface area contributed by atoms with Gasteiger partial charge in [-0.2, -0.15) is 16.8 Å². The van der Waals surface area contributed by atoms with Gasteiger partial charge in [-0.1, -0.05) is 55.8 Å². The van der Waals surface area contributed by atoms with Gasteiger partial charge in [0.25, 0.3) is 20.1 Å². The molecule has 0 radical (unpaired) electrons. The Hall–Kier alpha value is -2.01. The predicted molar refractivity (Wildman–Crippen MR) is 159 cm³/mol. The summed E-state index contributed by atoms with van der Waals surface area (Å²) in [6, 6.07) is 11.9. The molecule has 4 N–H and O–H groups in total. The molecular weight excluding hydrogens is 634 g/mol. The number of nitrogens with one attached hydrogen (secondary N) is 1. The number of benzene rings is 2. The number of primary sulfonamides is 1. The third-order valence-electron chi connectivity index (χ3n) is 8.05. The van der Waals surface area contributed by atoms with Crippen LogP contribution in [0.4, 0.5) is 5.69 Å². The van der Waals surface area contributed by atoms with Crippen molar-refractivity contribution in [3.8, 4) is 0 Å². The molecule has 16 heteroatoms. The molecule has 2 aliphatic carbocycles. The van der Waals surface area contributed by atoms with E-state index < -0.39 is 46.2 Å². The molecule has 2 fully saturated rings. The number of ketones is 1. The summed E-state index contributed by atoms with van der Waals surface area (Å²) in [6.07, 6.45) is 1.97. The lowest BCUT2D eigenvalue weighted by molar-refractivity contribution is -0.128. The summed E-state index contributed by atoms with van der Waals surface area (Å²) in [6.45, 7) is 3.89. The number of anilines is 1. The maximum Gasteiger partial charge on any atom is 0.286 e. The van der Waals surface area contributed by atoms with E-state index in [1.54, 1.807) is 0 Å². The summed E-state index contributed by atoms with van der Waals surface area (Å²) in [4.78, 5) is 11.1. The molecule has 2 atom stereocenters. The lowest BCUT2D eigenvalue weighted by atomic mass is 9.70. The molecule has 0 spiro atoms. The van der Waals surface area contributed by atoms with Crippen LogP contribution in [0.25, 0.3) is 0 Å². The van der Waals surface area contributed by atoms with Crippen molar-refractivity contribution in [3.05, 3.63) is 53.1 Å². The third-order valence-corrected chi connectivity index (χ3v) is 12.6. The van der Waals surface area contributed by atoms with Gasteiger partial charge in [-0.15, -0.1) is 16.2 Å². The van der Waals surface area contributed by atoms with Crippen LogP contribution in [0.2, 0.25) is 5.02 Å². The molecule has 0 amide bonds. The van der Waals surface area contributed by atoms with Crippen LogP contribution in [0, 0.1) is 16.7 Å². The van der Waals surface area contributed by atoms with E-state index in [0.717, 1.165) is 18.1 Å². The fraction of sp³-hybridized carbons (Fsp3) is 0.440. The number of nitrogens with zero attached hydrogens (tertiary/aromatic N) is 1. The maximum absolute atomic E-state index is 12.4. The first-order chi connectivity index (χ1) is 18.9. The molecule has 5 rings (SSSR count). The first-order valence-corrected chi connectivity index (χ1v) is 18.6. The first kappa shape index (κ1) is 31.9. The van der Waals surface area contributed by atoms with E-state index in [4.69, 9.17) is 21.3 Å². The second-order valence-electron chi connectivity index (χ2n) is 10.8. The summed E-state index contributed by atoms with van der Waals surface area (Å²) in [5, 5.41) is 7.79. The maximum atomic E-state index is 12.4. The quantitative estimate of drug-likeness (QED) is 0.368. The average molecular weight is 664 g/mol. The zero-order chi connectivity index (χ0) is 30.4. The molecule has 2 aromatic carbocycles. The number of fused-ring (bicyclic) bond motifs is 3. The van der Waals surface area contributed by atoms with Gasteiger partial charge in [0.15, 0.2) is 0 Å². The number of amidine groups is 1. The summed E-state index contributed by atoms with van der Waals surface area (Å²) in [5.74, 6) is 1.18. The van der Waals surface area contributed by atoms with E-state index in [1.165, 1.54) is 17.8 Å². The second kappa shape index (κ2) is 11.2. The summed E-state index contributed by atoms with van der Waals surface area (Å²) < 4.78 is 82.5. The van der Waals surface area contributed by atoms with Crippen LogP contribution < -0.4 is 10.5 Å². The van der Waals surface area contributed by atoms with Gasteiger partial charge in [-0.3, -0.25) is 9.35 Å². The number of sulfonamides is 2. The fourth-order valence-electron chi connectivity index (χ4n) is 5.76. The number of hydrogen-bond donors (Lipinski definition) is 3. The summed E-state index contributed by atoms with van der Waals surface area (Å²) in [7, 11) is -12.3. The average Bonchev–Trinajstić information content (AvgIpc) is 3.17. The van der Waals surface area contributed by atoms with Crippen LogP contribution >= 0.6 is 23.4 Å². The molecule has 11 nitrogen and oxygen atoms in total. The van der Waals surface area contributed by atoms with Crippen LogP contribution in [-0.2, 0) is 40.7 Å². The van der Waals surface area contributed by atoms with E-state index in [-0.39, 0.29) is 38.6 Å². The van der Waals surface area contributed by atoms with E-state index in [0.29, 0.717) is 24.3 Å². The van der Waals surface area contributed by atoms with Crippen molar-refractivity contribution in [3.63, 3.8) is 0 Å². The van der Waals surface area contributed by atoms with E-state index >= 15 is 0 Å². The highest BCUT2D eigenvalue weighted by atomic mass is 35.5. The van der Waals surface area contributed by atoms with Crippen molar-refractivity contribution in [1.29, 1.82) is 0 Å². The third kappa shape index (κ3) is 6.65. The van der Waals surface area contributed by atoms with Crippen molar-refractivity contribution >= 4 is 70.8 Å². The van der Waals surface area contributed by atoms with E-state index in [1.807, 2.05) is 44.2 Å². The Morgan fingerprint density at radius 3 is 2.34 bits per heavy atom. The molecule has 3 aliphatic rings. The molecule has 0 unspecified atom stereocenters. The molecule has 1 aliphatic heterocycles. The molecule has 2 saturated carbocycles. The van der Waals surface area contributed by atoms with E-state index in [9.17, 15) is 30.0 Å².